The van der Waals surface area contributed by atoms with Crippen LogP contribution in [0, 0.1) is 10.5 Å². The summed E-state index contributed by atoms with van der Waals surface area (Å²) < 4.78 is 19.7. The highest BCUT2D eigenvalue weighted by atomic mass is 32.1. The normalized spacial score (nSPS) is 12.9. The Morgan fingerprint density at radius 2 is 2.08 bits per heavy atom. The lowest BCUT2D eigenvalue weighted by Crippen LogP contribution is -2.42. The number of aromatic amines is 1. The second kappa shape index (κ2) is 7.83. The SMILES string of the molecule is CC(C)(C)NCC(O)COc1ccc(F)cc1-c1ccc(=S)[nH]n1. The molecule has 0 spiro atoms. The predicted octanol–water partition coefficient (Wildman–Crippen LogP) is 3.07. The van der Waals surface area contributed by atoms with E-state index in [1.54, 1.807) is 12.1 Å². The molecule has 2 rings (SSSR count). The molecule has 1 aromatic heterocycles. The number of aliphatic hydroxyl groups excluding tert-OH is 1. The molecule has 3 N–H and O–H groups in total. The van der Waals surface area contributed by atoms with E-state index in [0.717, 1.165) is 0 Å². The van der Waals surface area contributed by atoms with Crippen molar-refractivity contribution in [2.24, 2.45) is 0 Å². The molecule has 0 saturated carbocycles. The summed E-state index contributed by atoms with van der Waals surface area (Å²) in [6.07, 6.45) is -0.684. The van der Waals surface area contributed by atoms with Crippen LogP contribution in [0.3, 0.4) is 0 Å². The zero-order chi connectivity index (χ0) is 17.7. The highest BCUT2D eigenvalue weighted by Crippen LogP contribution is 2.29. The Morgan fingerprint density at radius 1 is 1.33 bits per heavy atom. The number of benzene rings is 1. The van der Waals surface area contributed by atoms with E-state index in [2.05, 4.69) is 15.5 Å². The standard InChI is InChI=1S/C17H22FN3O2S/c1-17(2,3)19-9-12(22)10-23-15-6-4-11(18)8-13(15)14-5-7-16(24)21-20-14/h4-8,12,19,22H,9-10H2,1-3H3,(H,21,24). The van der Waals surface area contributed by atoms with Crippen LogP contribution in [0.5, 0.6) is 5.75 Å². The number of H-pyrrole nitrogens is 1. The summed E-state index contributed by atoms with van der Waals surface area (Å²) in [7, 11) is 0. The van der Waals surface area contributed by atoms with Crippen LogP contribution in [0.4, 0.5) is 4.39 Å². The Labute approximate surface area is 145 Å². The maximum Gasteiger partial charge on any atom is 0.129 e. The smallest absolute Gasteiger partial charge is 0.129 e. The molecule has 0 saturated heterocycles. The maximum atomic E-state index is 13.6. The van der Waals surface area contributed by atoms with Gasteiger partial charge >= 0.3 is 0 Å². The van der Waals surface area contributed by atoms with Crippen LogP contribution in [-0.4, -0.2) is 40.1 Å². The van der Waals surface area contributed by atoms with Crippen molar-refractivity contribution < 1.29 is 14.2 Å². The zero-order valence-corrected chi connectivity index (χ0v) is 14.8. The Kier molecular flexibility index (Phi) is 6.04. The molecule has 0 aliphatic heterocycles. The fourth-order valence-corrected chi connectivity index (χ4v) is 2.11. The van der Waals surface area contributed by atoms with Gasteiger partial charge in [-0.15, -0.1) is 0 Å². The third kappa shape index (κ3) is 5.67. The van der Waals surface area contributed by atoms with E-state index in [-0.39, 0.29) is 12.1 Å². The van der Waals surface area contributed by atoms with Gasteiger partial charge < -0.3 is 15.2 Å². The maximum absolute atomic E-state index is 13.6. The van der Waals surface area contributed by atoms with Gasteiger partial charge in [0.15, 0.2) is 0 Å². The fraction of sp³-hybridized carbons (Fsp3) is 0.412. The van der Waals surface area contributed by atoms with Crippen LogP contribution < -0.4 is 10.1 Å². The molecule has 24 heavy (non-hydrogen) atoms. The molecule has 1 atom stereocenters. The minimum Gasteiger partial charge on any atom is -0.490 e. The van der Waals surface area contributed by atoms with E-state index >= 15 is 0 Å². The number of rotatable bonds is 6. The third-order valence-electron chi connectivity index (χ3n) is 3.20. The lowest BCUT2D eigenvalue weighted by molar-refractivity contribution is 0.100. The molecule has 0 aliphatic rings. The van der Waals surface area contributed by atoms with Crippen LogP contribution in [0.1, 0.15) is 20.8 Å². The highest BCUT2D eigenvalue weighted by molar-refractivity contribution is 7.71. The number of hydrogen-bond donors (Lipinski definition) is 3. The van der Waals surface area contributed by atoms with E-state index in [1.165, 1.54) is 18.2 Å². The average molecular weight is 351 g/mol. The van der Waals surface area contributed by atoms with Crippen molar-refractivity contribution in [1.29, 1.82) is 0 Å². The van der Waals surface area contributed by atoms with Gasteiger partial charge in [-0.1, -0.05) is 12.2 Å². The van der Waals surface area contributed by atoms with Crippen LogP contribution in [0.25, 0.3) is 11.3 Å². The molecule has 1 heterocycles. The fourth-order valence-electron chi connectivity index (χ4n) is 1.99. The molecule has 7 heteroatoms. The third-order valence-corrected chi connectivity index (χ3v) is 3.42. The van der Waals surface area contributed by atoms with Gasteiger partial charge in [-0.25, -0.2) is 4.39 Å². The van der Waals surface area contributed by atoms with Crippen LogP contribution in [0.15, 0.2) is 30.3 Å². The van der Waals surface area contributed by atoms with Gasteiger partial charge in [-0.05, 0) is 51.1 Å². The Balaban J connectivity index is 2.10. The first-order chi connectivity index (χ1) is 11.2. The summed E-state index contributed by atoms with van der Waals surface area (Å²) >= 11 is 4.96. The molecule has 1 aromatic carbocycles. The summed E-state index contributed by atoms with van der Waals surface area (Å²) in [4.78, 5) is 0. The van der Waals surface area contributed by atoms with Gasteiger partial charge in [-0.2, -0.15) is 5.10 Å². The predicted molar refractivity (Wildman–Crippen MR) is 94.1 cm³/mol. The molecule has 1 unspecified atom stereocenters. The van der Waals surface area contributed by atoms with Crippen molar-refractivity contribution in [2.75, 3.05) is 13.2 Å². The van der Waals surface area contributed by atoms with Gasteiger partial charge in [0.25, 0.3) is 0 Å². The van der Waals surface area contributed by atoms with E-state index < -0.39 is 11.9 Å². The number of nitrogens with zero attached hydrogens (tertiary/aromatic N) is 1. The van der Waals surface area contributed by atoms with Gasteiger partial charge in [0.05, 0.1) is 5.69 Å². The van der Waals surface area contributed by atoms with Crippen molar-refractivity contribution in [3.63, 3.8) is 0 Å². The molecule has 0 bridgehead atoms. The van der Waals surface area contributed by atoms with Crippen molar-refractivity contribution >= 4 is 12.2 Å². The van der Waals surface area contributed by atoms with Crippen molar-refractivity contribution in [1.82, 2.24) is 15.5 Å². The first-order valence-corrected chi connectivity index (χ1v) is 8.07. The minimum atomic E-state index is -0.684. The quantitative estimate of drug-likeness (QED) is 0.698. The van der Waals surface area contributed by atoms with E-state index in [9.17, 15) is 9.50 Å². The van der Waals surface area contributed by atoms with Crippen LogP contribution in [-0.2, 0) is 0 Å². The average Bonchev–Trinajstić information content (AvgIpc) is 2.52. The lowest BCUT2D eigenvalue weighted by Gasteiger charge is -2.23. The van der Waals surface area contributed by atoms with Gasteiger partial charge in [0.1, 0.15) is 28.9 Å². The van der Waals surface area contributed by atoms with Crippen molar-refractivity contribution in [3.8, 4) is 17.0 Å². The molecular weight excluding hydrogens is 329 g/mol. The van der Waals surface area contributed by atoms with Crippen molar-refractivity contribution in [2.45, 2.75) is 32.4 Å². The Bertz CT molecular complexity index is 723. The molecule has 0 radical (unpaired) electrons. The van der Waals surface area contributed by atoms with E-state index in [4.69, 9.17) is 17.0 Å². The number of β-amino-alcohol motifs (C(OH)–C–C–N with tert-alkyl or cyclic N) is 1. The van der Waals surface area contributed by atoms with Crippen LogP contribution in [0.2, 0.25) is 0 Å². The minimum absolute atomic E-state index is 0.0878. The summed E-state index contributed by atoms with van der Waals surface area (Å²) in [5.74, 6) is 0.0563. The molecule has 0 fully saturated rings. The number of nitrogens with one attached hydrogen (secondary N) is 2. The molecule has 5 nitrogen and oxygen atoms in total. The molecule has 130 valence electrons. The van der Waals surface area contributed by atoms with Crippen LogP contribution >= 0.6 is 12.2 Å². The van der Waals surface area contributed by atoms with Gasteiger partial charge in [0, 0.05) is 17.6 Å². The second-order valence-corrected chi connectivity index (χ2v) is 6.98. The molecule has 0 amide bonds. The van der Waals surface area contributed by atoms with E-state index in [1.807, 2.05) is 20.8 Å². The molecule has 0 aliphatic carbocycles. The zero-order valence-electron chi connectivity index (χ0n) is 14.0. The Hall–Kier alpha value is -1.83. The van der Waals surface area contributed by atoms with E-state index in [0.29, 0.717) is 28.2 Å². The summed E-state index contributed by atoms with van der Waals surface area (Å²) in [5, 5.41) is 20.0. The first kappa shape index (κ1) is 18.5. The summed E-state index contributed by atoms with van der Waals surface area (Å²) in [6, 6.07) is 7.54. The molecular formula is C17H22FN3O2S. The van der Waals surface area contributed by atoms with Gasteiger partial charge in [0.2, 0.25) is 0 Å². The molecule has 2 aromatic rings. The number of ether oxygens (including phenoxy) is 1. The Morgan fingerprint density at radius 3 is 2.71 bits per heavy atom. The number of halogens is 1. The summed E-state index contributed by atoms with van der Waals surface area (Å²) in [6.45, 7) is 6.54. The second-order valence-electron chi connectivity index (χ2n) is 6.54. The number of hydrogen-bond acceptors (Lipinski definition) is 5. The summed E-state index contributed by atoms with van der Waals surface area (Å²) in [5.41, 5.74) is 0.922. The van der Waals surface area contributed by atoms with Crippen molar-refractivity contribution in [3.05, 3.63) is 40.8 Å². The first-order valence-electron chi connectivity index (χ1n) is 7.66. The van der Waals surface area contributed by atoms with Gasteiger partial charge in [-0.3, -0.25) is 5.10 Å². The lowest BCUT2D eigenvalue weighted by atomic mass is 10.1. The largest absolute Gasteiger partial charge is 0.490 e. The number of aliphatic hydroxyl groups is 1. The topological polar surface area (TPSA) is 70.2 Å². The monoisotopic (exact) mass is 351 g/mol. The highest BCUT2D eigenvalue weighted by Gasteiger charge is 2.14. The number of aromatic nitrogens is 2.